The Labute approximate surface area is 233 Å². The number of hydrogen-bond donors (Lipinski definition) is 3. The van der Waals surface area contributed by atoms with Crippen molar-refractivity contribution < 1.29 is 19.8 Å². The second kappa shape index (κ2) is 11.6. The number of aliphatic hydroxyl groups is 2. The van der Waals surface area contributed by atoms with Crippen LogP contribution < -0.4 is 5.32 Å². The minimum absolute atomic E-state index is 0.0697. The fourth-order valence-electron chi connectivity index (χ4n) is 5.01. The van der Waals surface area contributed by atoms with E-state index >= 15 is 0 Å². The van der Waals surface area contributed by atoms with Gasteiger partial charge in [0.1, 0.15) is 12.1 Å². The number of thiazole rings is 1. The molecule has 4 atom stereocenters. The van der Waals surface area contributed by atoms with Crippen molar-refractivity contribution in [3.63, 3.8) is 0 Å². The number of aryl methyl sites for hydroxylation is 1. The maximum absolute atomic E-state index is 13.8. The van der Waals surface area contributed by atoms with E-state index < -0.39 is 30.1 Å². The van der Waals surface area contributed by atoms with Gasteiger partial charge in [-0.3, -0.25) is 14.3 Å². The topological polar surface area (TPSA) is 121 Å². The van der Waals surface area contributed by atoms with E-state index in [0.717, 1.165) is 27.3 Å². The molecule has 0 aliphatic carbocycles. The number of carbonyl (C=O) groups is 2. The predicted octanol–water partition coefficient (Wildman–Crippen LogP) is 3.62. The van der Waals surface area contributed by atoms with Gasteiger partial charge in [-0.2, -0.15) is 5.10 Å². The Morgan fingerprint density at radius 3 is 2.44 bits per heavy atom. The molecule has 0 unspecified atom stereocenters. The number of nitrogens with one attached hydrogen (secondary N) is 1. The zero-order chi connectivity index (χ0) is 28.5. The molecule has 1 saturated heterocycles. The highest BCUT2D eigenvalue weighted by atomic mass is 32.1. The molecular formula is C29H39N5O4S. The summed E-state index contributed by atoms with van der Waals surface area (Å²) in [5, 5.41) is 28.0. The van der Waals surface area contributed by atoms with E-state index in [2.05, 4.69) is 36.2 Å². The van der Waals surface area contributed by atoms with Gasteiger partial charge in [-0.05, 0) is 34.9 Å². The van der Waals surface area contributed by atoms with Gasteiger partial charge in [0.2, 0.25) is 11.8 Å². The van der Waals surface area contributed by atoms with Crippen molar-refractivity contribution in [1.82, 2.24) is 25.0 Å². The Morgan fingerprint density at radius 2 is 1.90 bits per heavy atom. The van der Waals surface area contributed by atoms with Crippen molar-refractivity contribution in [1.29, 1.82) is 0 Å². The number of nitrogens with zero attached hydrogens (tertiary/aromatic N) is 4. The third-order valence-electron chi connectivity index (χ3n) is 7.32. The molecule has 39 heavy (non-hydrogen) atoms. The second-order valence-corrected chi connectivity index (χ2v) is 12.5. The Bertz CT molecular complexity index is 1290. The lowest BCUT2D eigenvalue weighted by Crippen LogP contribution is -2.50. The van der Waals surface area contributed by atoms with E-state index in [1.807, 2.05) is 51.2 Å². The molecule has 1 aliphatic heterocycles. The van der Waals surface area contributed by atoms with Crippen LogP contribution in [0.4, 0.5) is 0 Å². The molecule has 0 saturated carbocycles. The van der Waals surface area contributed by atoms with Crippen LogP contribution in [0, 0.1) is 12.8 Å². The Hall–Kier alpha value is -3.08. The monoisotopic (exact) mass is 553 g/mol. The van der Waals surface area contributed by atoms with Gasteiger partial charge in [0, 0.05) is 19.2 Å². The second-order valence-electron chi connectivity index (χ2n) is 11.7. The lowest BCUT2D eigenvalue weighted by Gasteiger charge is -2.31. The highest BCUT2D eigenvalue weighted by Gasteiger charge is 2.43. The lowest BCUT2D eigenvalue weighted by atomic mass is 9.90. The van der Waals surface area contributed by atoms with Crippen molar-refractivity contribution in [2.24, 2.45) is 5.92 Å². The van der Waals surface area contributed by atoms with E-state index in [9.17, 15) is 19.8 Å². The molecule has 1 aliphatic rings. The molecule has 1 aromatic carbocycles. The summed E-state index contributed by atoms with van der Waals surface area (Å²) in [4.78, 5) is 34.1. The van der Waals surface area contributed by atoms with Crippen LogP contribution in [0.2, 0.25) is 0 Å². The number of hydrogen-bond acceptors (Lipinski definition) is 7. The predicted molar refractivity (Wildman–Crippen MR) is 151 cm³/mol. The third kappa shape index (κ3) is 6.23. The third-order valence-corrected chi connectivity index (χ3v) is 8.30. The van der Waals surface area contributed by atoms with Crippen LogP contribution >= 0.6 is 11.3 Å². The van der Waals surface area contributed by atoms with Crippen molar-refractivity contribution in [3.05, 3.63) is 59.0 Å². The Kier molecular flexibility index (Phi) is 8.58. The quantitative estimate of drug-likeness (QED) is 0.392. The van der Waals surface area contributed by atoms with Gasteiger partial charge in [-0.15, -0.1) is 11.3 Å². The maximum Gasteiger partial charge on any atom is 0.248 e. The van der Waals surface area contributed by atoms with Crippen LogP contribution in [0.25, 0.3) is 10.4 Å². The highest BCUT2D eigenvalue weighted by molar-refractivity contribution is 7.13. The lowest BCUT2D eigenvalue weighted by molar-refractivity contribution is -0.142. The summed E-state index contributed by atoms with van der Waals surface area (Å²) in [6.07, 6.45) is 2.99. The van der Waals surface area contributed by atoms with E-state index in [1.54, 1.807) is 27.7 Å². The van der Waals surface area contributed by atoms with Crippen LogP contribution in [-0.4, -0.2) is 67.0 Å². The molecule has 10 heteroatoms. The number of aromatic nitrogens is 3. The summed E-state index contributed by atoms with van der Waals surface area (Å²) in [5.41, 5.74) is 5.42. The molecule has 9 nitrogen and oxygen atoms in total. The first kappa shape index (κ1) is 28.9. The van der Waals surface area contributed by atoms with Crippen molar-refractivity contribution in [3.8, 4) is 10.4 Å². The van der Waals surface area contributed by atoms with Crippen LogP contribution in [0.5, 0.6) is 0 Å². The molecular weight excluding hydrogens is 514 g/mol. The molecule has 2 aromatic heterocycles. The van der Waals surface area contributed by atoms with Gasteiger partial charge in [0.25, 0.3) is 0 Å². The minimum Gasteiger partial charge on any atom is -0.394 e. The highest BCUT2D eigenvalue weighted by Crippen LogP contribution is 2.30. The Balaban J connectivity index is 1.51. The molecule has 0 spiro atoms. The first-order valence-corrected chi connectivity index (χ1v) is 14.2. The molecule has 1 fully saturated rings. The maximum atomic E-state index is 13.8. The summed E-state index contributed by atoms with van der Waals surface area (Å²) >= 11 is 1.56. The number of carbonyl (C=O) groups excluding carboxylic acids is 2. The summed E-state index contributed by atoms with van der Waals surface area (Å²) < 4.78 is 1.68. The zero-order valence-electron chi connectivity index (χ0n) is 23.5. The summed E-state index contributed by atoms with van der Waals surface area (Å²) in [5.74, 6) is -0.743. The molecule has 0 radical (unpaired) electrons. The number of likely N-dealkylation sites (tertiary alicyclic amines) is 1. The smallest absolute Gasteiger partial charge is 0.248 e. The molecule has 3 N–H and O–H groups in total. The SMILES string of the molecule is Cc1ncsc1-c1ccc([C@H](CO)NC(=O)[C@@H]2C[C@@H](O)CN2C(=O)[C@H](C(C)C)n2cc(C(C)(C)C)cn2)cc1. The summed E-state index contributed by atoms with van der Waals surface area (Å²) in [7, 11) is 0. The zero-order valence-corrected chi connectivity index (χ0v) is 24.3. The standard InChI is InChI=1S/C29H39N5O4S/c1-17(2)25(34-13-21(12-31-34)29(4,5)6)28(38)33-14-22(36)11-24(33)27(37)32-23(15-35)19-7-9-20(10-8-19)26-18(3)30-16-39-26/h7-10,12-13,16-17,22-25,35-36H,11,14-15H2,1-6H3,(H,32,37)/t22-,23+,24+,25+/m1/s1. The van der Waals surface area contributed by atoms with Crippen molar-refractivity contribution in [2.75, 3.05) is 13.2 Å². The van der Waals surface area contributed by atoms with E-state index in [0.29, 0.717) is 0 Å². The Morgan fingerprint density at radius 1 is 1.21 bits per heavy atom. The van der Waals surface area contributed by atoms with Gasteiger partial charge in [0.05, 0.1) is 41.0 Å². The van der Waals surface area contributed by atoms with E-state index in [4.69, 9.17) is 0 Å². The van der Waals surface area contributed by atoms with Gasteiger partial charge >= 0.3 is 0 Å². The van der Waals surface area contributed by atoms with E-state index in [1.165, 1.54) is 4.90 Å². The number of rotatable bonds is 8. The molecule has 4 rings (SSSR count). The first-order chi connectivity index (χ1) is 18.4. The number of β-amino-alcohol motifs (C(OH)–C–C–N with tert-alkyl or cyclic N) is 1. The number of aliphatic hydroxyl groups excluding tert-OH is 2. The summed E-state index contributed by atoms with van der Waals surface area (Å²) in [6, 6.07) is 5.54. The summed E-state index contributed by atoms with van der Waals surface area (Å²) in [6.45, 7) is 11.9. The molecule has 2 amide bonds. The van der Waals surface area contributed by atoms with Crippen molar-refractivity contribution >= 4 is 23.2 Å². The number of benzene rings is 1. The average Bonchev–Trinajstić information content (AvgIpc) is 3.62. The van der Waals surface area contributed by atoms with Crippen LogP contribution in [0.3, 0.4) is 0 Å². The first-order valence-electron chi connectivity index (χ1n) is 13.4. The van der Waals surface area contributed by atoms with Crippen LogP contribution in [0.15, 0.2) is 42.2 Å². The molecule has 3 heterocycles. The van der Waals surface area contributed by atoms with Crippen molar-refractivity contribution in [2.45, 2.75) is 77.6 Å². The fourth-order valence-corrected chi connectivity index (χ4v) is 5.82. The van der Waals surface area contributed by atoms with Gasteiger partial charge in [-0.1, -0.05) is 58.9 Å². The van der Waals surface area contributed by atoms with Gasteiger partial charge < -0.3 is 20.4 Å². The van der Waals surface area contributed by atoms with Gasteiger partial charge in [0.15, 0.2) is 0 Å². The van der Waals surface area contributed by atoms with Gasteiger partial charge in [-0.25, -0.2) is 4.98 Å². The fraction of sp³-hybridized carbons (Fsp3) is 0.517. The van der Waals surface area contributed by atoms with Crippen LogP contribution in [0.1, 0.15) is 69.9 Å². The molecule has 0 bridgehead atoms. The average molecular weight is 554 g/mol. The largest absolute Gasteiger partial charge is 0.394 e. The molecule has 210 valence electrons. The normalized spacial score (nSPS) is 19.4. The minimum atomic E-state index is -0.848. The van der Waals surface area contributed by atoms with Crippen LogP contribution in [-0.2, 0) is 15.0 Å². The number of amides is 2. The molecule has 3 aromatic rings. The van der Waals surface area contributed by atoms with E-state index in [-0.39, 0.29) is 36.8 Å².